The molecule has 0 rings (SSSR count). The van der Waals surface area contributed by atoms with Gasteiger partial charge in [0.1, 0.15) is 0 Å². The molecule has 0 saturated heterocycles. The van der Waals surface area contributed by atoms with Crippen molar-refractivity contribution in [2.45, 2.75) is 0 Å². The molecule has 0 aromatic rings. The molecule has 0 aliphatic carbocycles. The molecule has 0 spiro atoms. The Labute approximate surface area is 161 Å². The summed E-state index contributed by atoms with van der Waals surface area (Å²) < 4.78 is 0. The second-order valence-corrected chi connectivity index (χ2v) is 4.50. The van der Waals surface area contributed by atoms with Gasteiger partial charge in [-0.3, -0.25) is 0 Å². The van der Waals surface area contributed by atoms with Crippen LogP contribution in [0.2, 0.25) is 0 Å². The van der Waals surface area contributed by atoms with Crippen LogP contribution >= 0.6 is 0 Å². The SMILES string of the molecule is [O-][Si]([O-])([O-])[O-].[O-][Si]([O-])([O-])[O-].[O-][Si]([O-])([O-])[O-].[Zr+4].[Zr+4].[Zr+4]. The quantitative estimate of drug-likeness (QED) is 0.254. The van der Waals surface area contributed by atoms with Crippen molar-refractivity contribution in [3.05, 3.63) is 0 Å². The van der Waals surface area contributed by atoms with E-state index in [-0.39, 0.29) is 78.6 Å². The van der Waals surface area contributed by atoms with E-state index in [1.54, 1.807) is 0 Å². The number of rotatable bonds is 0. The number of hydrogen-bond donors (Lipinski definition) is 0. The first-order valence-electron chi connectivity index (χ1n) is 2.45. The average Bonchev–Trinajstić information content (AvgIpc) is 1.41. The van der Waals surface area contributed by atoms with Crippen molar-refractivity contribution in [1.82, 2.24) is 0 Å². The molecule has 0 radical (unpaired) electrons. The van der Waals surface area contributed by atoms with Crippen LogP contribution in [0.4, 0.5) is 0 Å². The van der Waals surface area contributed by atoms with E-state index >= 15 is 0 Å². The van der Waals surface area contributed by atoms with Crippen LogP contribution in [-0.2, 0) is 78.6 Å². The molecule has 0 aliphatic rings. The molecular weight excluding hydrogens is 550 g/mol. The fourth-order valence-electron chi connectivity index (χ4n) is 0. The minimum Gasteiger partial charge on any atom is -0.894 e. The van der Waals surface area contributed by atoms with E-state index in [4.69, 9.17) is 57.5 Å². The Hall–Kier alpha value is 2.82. The molecule has 12 nitrogen and oxygen atoms in total. The third-order valence-electron chi connectivity index (χ3n) is 0. The molecule has 0 aromatic carbocycles. The van der Waals surface area contributed by atoms with Crippen LogP contribution < -0.4 is 57.5 Å². The Morgan fingerprint density at radius 1 is 0.278 bits per heavy atom. The van der Waals surface area contributed by atoms with Gasteiger partial charge in [-0.1, -0.05) is 0 Å². The Balaban J connectivity index is -0.0000000277. The molecule has 0 amide bonds. The van der Waals surface area contributed by atoms with Gasteiger partial charge in [-0.05, 0) is 0 Å². The van der Waals surface area contributed by atoms with E-state index in [1.807, 2.05) is 0 Å². The topological polar surface area (TPSA) is 277 Å². The summed E-state index contributed by atoms with van der Waals surface area (Å²) in [4.78, 5) is 103. The molecule has 0 unspecified atom stereocenters. The second-order valence-electron chi connectivity index (χ2n) is 1.50. The fourth-order valence-corrected chi connectivity index (χ4v) is 0. The molecule has 0 fully saturated rings. The van der Waals surface area contributed by atoms with Crippen molar-refractivity contribution in [1.29, 1.82) is 0 Å². The van der Waals surface area contributed by atoms with E-state index in [9.17, 15) is 0 Å². The molecule has 96 valence electrons. The average molecular weight is 550 g/mol. The molecule has 18 heavy (non-hydrogen) atoms. The molecule has 0 atom stereocenters. The van der Waals surface area contributed by atoms with Gasteiger partial charge in [-0.15, -0.1) is 0 Å². The zero-order valence-electron chi connectivity index (χ0n) is 7.90. The monoisotopic (exact) mass is 546 g/mol. The fraction of sp³-hybridized carbons (Fsp3) is 0. The van der Waals surface area contributed by atoms with Gasteiger partial charge in [0.05, 0.1) is 0 Å². The van der Waals surface area contributed by atoms with Crippen molar-refractivity contribution < 1.29 is 136 Å². The predicted molar refractivity (Wildman–Crippen MR) is 17.3 cm³/mol. The largest absolute Gasteiger partial charge is 4.00 e. The molecule has 0 bridgehead atoms. The predicted octanol–water partition coefficient (Wildman–Crippen LogP) is -15.4. The van der Waals surface area contributed by atoms with E-state index < -0.39 is 27.1 Å². The minimum absolute atomic E-state index is 0. The van der Waals surface area contributed by atoms with E-state index in [2.05, 4.69) is 0 Å². The molecular formula is O12Si3Zr3. The van der Waals surface area contributed by atoms with E-state index in [0.29, 0.717) is 0 Å². The van der Waals surface area contributed by atoms with Crippen molar-refractivity contribution in [3.8, 4) is 0 Å². The summed E-state index contributed by atoms with van der Waals surface area (Å²) in [5.74, 6) is 0. The van der Waals surface area contributed by atoms with Crippen LogP contribution in [0.25, 0.3) is 0 Å². The molecule has 0 heterocycles. The smallest absolute Gasteiger partial charge is 0.894 e. The maximum atomic E-state index is 8.58. The maximum Gasteiger partial charge on any atom is 4.00 e. The first kappa shape index (κ1) is 37.2. The maximum absolute atomic E-state index is 8.58. The first-order valence-corrected chi connectivity index (χ1v) is 7.35. The van der Waals surface area contributed by atoms with Crippen molar-refractivity contribution >= 4 is 27.1 Å². The Morgan fingerprint density at radius 2 is 0.278 bits per heavy atom. The van der Waals surface area contributed by atoms with Gasteiger partial charge in [-0.2, -0.15) is 0 Å². The second kappa shape index (κ2) is 16.2. The number of hydrogen-bond acceptors (Lipinski definition) is 12. The van der Waals surface area contributed by atoms with Crippen LogP contribution in [-0.4, -0.2) is 27.1 Å². The molecule has 18 heteroatoms. The summed E-state index contributed by atoms with van der Waals surface area (Å²) in [6.45, 7) is 0. The van der Waals surface area contributed by atoms with Crippen LogP contribution in [0.5, 0.6) is 0 Å². The van der Waals surface area contributed by atoms with Crippen LogP contribution in [0.15, 0.2) is 0 Å². The molecule has 0 aliphatic heterocycles. The van der Waals surface area contributed by atoms with Gasteiger partial charge in [0, 0.05) is 0 Å². The Morgan fingerprint density at radius 3 is 0.278 bits per heavy atom. The third kappa shape index (κ3) is 752. The van der Waals surface area contributed by atoms with Gasteiger partial charge in [0.15, 0.2) is 0 Å². The Bertz CT molecular complexity index is 97.6. The van der Waals surface area contributed by atoms with Crippen LogP contribution in [0, 0.1) is 0 Å². The van der Waals surface area contributed by atoms with E-state index in [1.165, 1.54) is 0 Å². The first-order chi connectivity index (χ1) is 6.00. The minimum atomic E-state index is -5.61. The summed E-state index contributed by atoms with van der Waals surface area (Å²) >= 11 is 0. The summed E-state index contributed by atoms with van der Waals surface area (Å²) in [6, 6.07) is 0. The third-order valence-corrected chi connectivity index (χ3v) is 0. The van der Waals surface area contributed by atoms with Gasteiger partial charge in [-0.25, -0.2) is 0 Å². The van der Waals surface area contributed by atoms with Crippen molar-refractivity contribution in [2.24, 2.45) is 0 Å². The van der Waals surface area contributed by atoms with E-state index in [0.717, 1.165) is 0 Å². The van der Waals surface area contributed by atoms with Gasteiger partial charge < -0.3 is 84.7 Å². The summed E-state index contributed by atoms with van der Waals surface area (Å²) in [6.07, 6.45) is 0. The zero-order chi connectivity index (χ0) is 13.5. The summed E-state index contributed by atoms with van der Waals surface area (Å²) in [5, 5.41) is 0. The van der Waals surface area contributed by atoms with Crippen molar-refractivity contribution in [2.75, 3.05) is 0 Å². The van der Waals surface area contributed by atoms with Gasteiger partial charge in [0.2, 0.25) is 0 Å². The Kier molecular flexibility index (Phi) is 33.5. The molecule has 0 aromatic heterocycles. The summed E-state index contributed by atoms with van der Waals surface area (Å²) in [5.41, 5.74) is 0. The molecule has 0 saturated carbocycles. The standard InChI is InChI=1S/3O4Si.3Zr/c3*1-5(2,3)4;;;/q3*-4;3*+4. The zero-order valence-corrected chi connectivity index (χ0v) is 18.3. The van der Waals surface area contributed by atoms with Gasteiger partial charge in [0.25, 0.3) is 0 Å². The van der Waals surface area contributed by atoms with Crippen LogP contribution in [0.3, 0.4) is 0 Å². The molecule has 0 N–H and O–H groups in total. The summed E-state index contributed by atoms with van der Waals surface area (Å²) in [7, 11) is -16.8. The van der Waals surface area contributed by atoms with Gasteiger partial charge >= 0.3 is 78.6 Å². The van der Waals surface area contributed by atoms with Crippen LogP contribution in [0.1, 0.15) is 0 Å². The normalized spacial score (nSPS) is 10.0. The van der Waals surface area contributed by atoms with Crippen molar-refractivity contribution in [3.63, 3.8) is 0 Å².